The van der Waals surface area contributed by atoms with Crippen LogP contribution in [-0.2, 0) is 0 Å². The Balaban J connectivity index is 2.05. The van der Waals surface area contributed by atoms with Crippen molar-refractivity contribution in [3.63, 3.8) is 0 Å². The predicted octanol–water partition coefficient (Wildman–Crippen LogP) is 2.94. The van der Waals surface area contributed by atoms with E-state index in [1.807, 2.05) is 6.07 Å². The fourth-order valence-corrected chi connectivity index (χ4v) is 1.91. The largest absolute Gasteiger partial charge is 0.497 e. The van der Waals surface area contributed by atoms with Gasteiger partial charge in [0.05, 0.1) is 24.4 Å². The van der Waals surface area contributed by atoms with Crippen LogP contribution in [0.4, 0.5) is 11.4 Å². The first-order valence-corrected chi connectivity index (χ1v) is 6.04. The molecule has 5 heteroatoms. The molecule has 100 valence electrons. The zero-order valence-electron chi connectivity index (χ0n) is 10.8. The number of rotatable bonds is 3. The van der Waals surface area contributed by atoms with E-state index in [4.69, 9.17) is 9.15 Å². The van der Waals surface area contributed by atoms with Crippen molar-refractivity contribution in [2.24, 2.45) is 0 Å². The van der Waals surface area contributed by atoms with Crippen molar-refractivity contribution >= 4 is 22.3 Å². The second kappa shape index (κ2) is 5.05. The van der Waals surface area contributed by atoms with Gasteiger partial charge in [-0.25, -0.2) is 0 Å². The summed E-state index contributed by atoms with van der Waals surface area (Å²) in [6.07, 6.45) is 4.70. The summed E-state index contributed by atoms with van der Waals surface area (Å²) in [7, 11) is 1.57. The minimum Gasteiger partial charge on any atom is -0.497 e. The molecule has 2 aromatic heterocycles. The highest BCUT2D eigenvalue weighted by molar-refractivity contribution is 5.81. The highest BCUT2D eigenvalue weighted by atomic mass is 16.5. The zero-order chi connectivity index (χ0) is 13.9. The number of ether oxygens (including phenoxy) is 1. The number of hydrogen-bond donors (Lipinski definition) is 1. The number of pyridine rings is 1. The van der Waals surface area contributed by atoms with E-state index in [9.17, 15) is 4.79 Å². The van der Waals surface area contributed by atoms with Crippen LogP contribution in [-0.4, -0.2) is 12.1 Å². The molecule has 3 aromatic rings. The second-order valence-electron chi connectivity index (χ2n) is 4.21. The van der Waals surface area contributed by atoms with Gasteiger partial charge in [0.2, 0.25) is 5.43 Å². The molecule has 1 N–H and O–H groups in total. The summed E-state index contributed by atoms with van der Waals surface area (Å²) >= 11 is 0. The van der Waals surface area contributed by atoms with Gasteiger partial charge in [0.15, 0.2) is 0 Å². The van der Waals surface area contributed by atoms with E-state index < -0.39 is 0 Å². The highest BCUT2D eigenvalue weighted by Crippen LogP contribution is 2.21. The lowest BCUT2D eigenvalue weighted by Gasteiger charge is -2.06. The van der Waals surface area contributed by atoms with Crippen LogP contribution in [0.1, 0.15) is 0 Å². The number of fused-ring (bicyclic) bond motifs is 1. The Bertz CT molecular complexity index is 797. The smallest absolute Gasteiger partial charge is 0.216 e. The van der Waals surface area contributed by atoms with E-state index in [-0.39, 0.29) is 5.43 Å². The van der Waals surface area contributed by atoms with Crippen LogP contribution < -0.4 is 15.5 Å². The lowest BCUT2D eigenvalue weighted by atomic mass is 10.2. The molecule has 0 aliphatic rings. The Morgan fingerprint density at radius 2 is 2.20 bits per heavy atom. The maximum Gasteiger partial charge on any atom is 0.216 e. The average molecular weight is 268 g/mol. The molecule has 1 aromatic carbocycles. The second-order valence-corrected chi connectivity index (χ2v) is 4.21. The molecule has 0 atom stereocenters. The van der Waals surface area contributed by atoms with E-state index >= 15 is 0 Å². The summed E-state index contributed by atoms with van der Waals surface area (Å²) < 4.78 is 10.6. The van der Waals surface area contributed by atoms with Gasteiger partial charge in [-0.2, -0.15) is 0 Å². The van der Waals surface area contributed by atoms with Gasteiger partial charge in [0.1, 0.15) is 23.3 Å². The third-order valence-electron chi connectivity index (χ3n) is 2.92. The summed E-state index contributed by atoms with van der Waals surface area (Å²) in [6.45, 7) is 0. The quantitative estimate of drug-likeness (QED) is 0.791. The number of nitrogens with one attached hydrogen (secondary N) is 1. The van der Waals surface area contributed by atoms with Crippen molar-refractivity contribution < 1.29 is 9.15 Å². The Labute approximate surface area is 114 Å². The van der Waals surface area contributed by atoms with Crippen LogP contribution in [0.3, 0.4) is 0 Å². The molecule has 0 spiro atoms. The van der Waals surface area contributed by atoms with Gasteiger partial charge in [0, 0.05) is 12.3 Å². The minimum atomic E-state index is -0.127. The summed E-state index contributed by atoms with van der Waals surface area (Å²) in [5.41, 5.74) is 1.46. The molecule has 0 bridgehead atoms. The van der Waals surface area contributed by atoms with Crippen molar-refractivity contribution in [2.45, 2.75) is 0 Å². The molecule has 0 radical (unpaired) electrons. The van der Waals surface area contributed by atoms with Gasteiger partial charge in [-0.15, -0.1) is 0 Å². The fraction of sp³-hybridized carbons (Fsp3) is 0.0667. The molecule has 0 unspecified atom stereocenters. The van der Waals surface area contributed by atoms with E-state index in [1.54, 1.807) is 43.8 Å². The molecule has 0 aliphatic carbocycles. The van der Waals surface area contributed by atoms with Crippen LogP contribution in [0.15, 0.2) is 58.2 Å². The van der Waals surface area contributed by atoms with Crippen LogP contribution in [0.5, 0.6) is 5.75 Å². The Hall–Kier alpha value is -2.82. The molecule has 5 nitrogen and oxygen atoms in total. The minimum absolute atomic E-state index is 0.127. The zero-order valence-corrected chi connectivity index (χ0v) is 10.8. The Morgan fingerprint density at radius 1 is 1.30 bits per heavy atom. The van der Waals surface area contributed by atoms with Crippen LogP contribution >= 0.6 is 0 Å². The first-order valence-electron chi connectivity index (χ1n) is 6.04. The predicted molar refractivity (Wildman–Crippen MR) is 76.6 cm³/mol. The molecule has 0 saturated carbocycles. The fourth-order valence-electron chi connectivity index (χ4n) is 1.91. The standard InChI is InChI=1S/C15H12N2O3/c1-19-11-4-5-12-14(7-11)20-9-13(15(12)18)17-10-3-2-6-16-8-10/h2-9,17H,1H3. The summed E-state index contributed by atoms with van der Waals surface area (Å²) in [5.74, 6) is 0.647. The molecular formula is C15H12N2O3. The molecular weight excluding hydrogens is 256 g/mol. The third kappa shape index (κ3) is 2.21. The number of aromatic nitrogens is 1. The van der Waals surface area contributed by atoms with E-state index in [2.05, 4.69) is 10.3 Å². The van der Waals surface area contributed by atoms with Crippen LogP contribution in [0, 0.1) is 0 Å². The van der Waals surface area contributed by atoms with Crippen molar-refractivity contribution in [1.29, 1.82) is 0 Å². The van der Waals surface area contributed by atoms with Gasteiger partial charge in [-0.1, -0.05) is 0 Å². The lowest BCUT2D eigenvalue weighted by Crippen LogP contribution is -2.08. The van der Waals surface area contributed by atoms with Gasteiger partial charge in [-0.05, 0) is 24.3 Å². The number of benzene rings is 1. The van der Waals surface area contributed by atoms with E-state index in [1.165, 1.54) is 6.26 Å². The van der Waals surface area contributed by atoms with Crippen LogP contribution in [0.2, 0.25) is 0 Å². The third-order valence-corrected chi connectivity index (χ3v) is 2.92. The monoisotopic (exact) mass is 268 g/mol. The van der Waals surface area contributed by atoms with Crippen molar-refractivity contribution in [1.82, 2.24) is 4.98 Å². The SMILES string of the molecule is COc1ccc2c(=O)c(Nc3cccnc3)coc2c1. The van der Waals surface area contributed by atoms with E-state index in [0.717, 1.165) is 5.69 Å². The summed E-state index contributed by atoms with van der Waals surface area (Å²) in [5, 5.41) is 3.49. The van der Waals surface area contributed by atoms with Gasteiger partial charge < -0.3 is 14.5 Å². The summed E-state index contributed by atoms with van der Waals surface area (Å²) in [6, 6.07) is 8.71. The van der Waals surface area contributed by atoms with Crippen molar-refractivity contribution in [3.8, 4) is 5.75 Å². The molecule has 20 heavy (non-hydrogen) atoms. The first kappa shape index (κ1) is 12.2. The molecule has 0 fully saturated rings. The number of nitrogens with zero attached hydrogens (tertiary/aromatic N) is 1. The first-order chi connectivity index (χ1) is 9.78. The number of anilines is 2. The highest BCUT2D eigenvalue weighted by Gasteiger charge is 2.08. The van der Waals surface area contributed by atoms with E-state index in [0.29, 0.717) is 22.4 Å². The van der Waals surface area contributed by atoms with Crippen LogP contribution in [0.25, 0.3) is 11.0 Å². The Morgan fingerprint density at radius 3 is 2.95 bits per heavy atom. The van der Waals surface area contributed by atoms with Crippen molar-refractivity contribution in [3.05, 3.63) is 59.2 Å². The average Bonchev–Trinajstić information content (AvgIpc) is 2.51. The van der Waals surface area contributed by atoms with Gasteiger partial charge in [0.25, 0.3) is 0 Å². The van der Waals surface area contributed by atoms with Crippen molar-refractivity contribution in [2.75, 3.05) is 12.4 Å². The summed E-state index contributed by atoms with van der Waals surface area (Å²) in [4.78, 5) is 16.3. The Kier molecular flexibility index (Phi) is 3.09. The normalized spacial score (nSPS) is 10.4. The maximum atomic E-state index is 12.3. The number of methoxy groups -OCH3 is 1. The van der Waals surface area contributed by atoms with Gasteiger partial charge in [-0.3, -0.25) is 9.78 Å². The maximum absolute atomic E-state index is 12.3. The topological polar surface area (TPSA) is 64.4 Å². The molecule has 0 saturated heterocycles. The molecule has 0 amide bonds. The number of hydrogen-bond acceptors (Lipinski definition) is 5. The lowest BCUT2D eigenvalue weighted by molar-refractivity contribution is 0.414. The van der Waals surface area contributed by atoms with Gasteiger partial charge >= 0.3 is 0 Å². The molecule has 2 heterocycles. The molecule has 0 aliphatic heterocycles. The molecule has 3 rings (SSSR count).